The van der Waals surface area contributed by atoms with Crippen LogP contribution in [-0.2, 0) is 9.59 Å². The molecule has 5 nitrogen and oxygen atoms in total. The van der Waals surface area contributed by atoms with E-state index in [1.165, 1.54) is 24.2 Å². The van der Waals surface area contributed by atoms with Gasteiger partial charge in [0.1, 0.15) is 0 Å². The first-order valence-electron chi connectivity index (χ1n) is 8.72. The summed E-state index contributed by atoms with van der Waals surface area (Å²) in [6, 6.07) is 9.91. The van der Waals surface area contributed by atoms with Gasteiger partial charge < -0.3 is 10.2 Å². The number of carbonyl (C=O) groups excluding carboxylic acids is 2. The zero-order valence-electron chi connectivity index (χ0n) is 14.1. The van der Waals surface area contributed by atoms with E-state index in [4.69, 9.17) is 0 Å². The van der Waals surface area contributed by atoms with Crippen molar-refractivity contribution in [1.29, 1.82) is 0 Å². The third-order valence-electron chi connectivity index (χ3n) is 5.03. The van der Waals surface area contributed by atoms with Crippen LogP contribution in [0.15, 0.2) is 35.7 Å². The first-order valence-corrected chi connectivity index (χ1v) is 9.60. The minimum atomic E-state index is -0.313. The molecule has 1 aliphatic carbocycles. The first-order chi connectivity index (χ1) is 12.1. The van der Waals surface area contributed by atoms with Gasteiger partial charge in [-0.05, 0) is 25.3 Å². The summed E-state index contributed by atoms with van der Waals surface area (Å²) in [7, 11) is 0. The molecule has 0 radical (unpaired) electrons. The molecule has 2 heterocycles. The number of nitrogens with one attached hydrogen (secondary N) is 1. The van der Waals surface area contributed by atoms with Gasteiger partial charge in [0, 0.05) is 24.3 Å². The number of aromatic nitrogens is 1. The quantitative estimate of drug-likeness (QED) is 0.892. The SMILES string of the molecule is C[C@@H](c1ccccc1)N1C[C@H](C(=O)Nc2nc(C3CC3)cs2)CC1=O. The maximum absolute atomic E-state index is 12.5. The van der Waals surface area contributed by atoms with Crippen LogP contribution in [0.3, 0.4) is 0 Å². The lowest BCUT2D eigenvalue weighted by Gasteiger charge is -2.25. The molecule has 0 unspecified atom stereocenters. The van der Waals surface area contributed by atoms with Crippen molar-refractivity contribution < 1.29 is 9.59 Å². The number of carbonyl (C=O) groups is 2. The van der Waals surface area contributed by atoms with Crippen molar-refractivity contribution in [3.8, 4) is 0 Å². The maximum Gasteiger partial charge on any atom is 0.231 e. The van der Waals surface area contributed by atoms with Gasteiger partial charge in [-0.15, -0.1) is 11.3 Å². The van der Waals surface area contributed by atoms with E-state index in [9.17, 15) is 9.59 Å². The van der Waals surface area contributed by atoms with Crippen LogP contribution in [0.2, 0.25) is 0 Å². The Morgan fingerprint density at radius 2 is 2.08 bits per heavy atom. The number of nitrogens with zero attached hydrogens (tertiary/aromatic N) is 2. The summed E-state index contributed by atoms with van der Waals surface area (Å²) in [5.41, 5.74) is 2.17. The fourth-order valence-corrected chi connectivity index (χ4v) is 4.11. The molecule has 1 saturated heterocycles. The predicted octanol–water partition coefficient (Wildman–Crippen LogP) is 3.57. The Kier molecular flexibility index (Phi) is 4.29. The molecule has 4 rings (SSSR count). The Balaban J connectivity index is 1.39. The zero-order valence-corrected chi connectivity index (χ0v) is 15.0. The Bertz CT molecular complexity index is 785. The highest BCUT2D eigenvalue weighted by Crippen LogP contribution is 2.41. The van der Waals surface area contributed by atoms with Crippen molar-refractivity contribution in [1.82, 2.24) is 9.88 Å². The number of likely N-dealkylation sites (tertiary alicyclic amines) is 1. The van der Waals surface area contributed by atoms with E-state index >= 15 is 0 Å². The highest BCUT2D eigenvalue weighted by Gasteiger charge is 2.37. The summed E-state index contributed by atoms with van der Waals surface area (Å²) in [6.45, 7) is 2.47. The number of anilines is 1. The normalized spacial score (nSPS) is 21.4. The van der Waals surface area contributed by atoms with Crippen LogP contribution >= 0.6 is 11.3 Å². The minimum absolute atomic E-state index is 0.0205. The molecular formula is C19H21N3O2S. The maximum atomic E-state index is 12.5. The molecule has 2 amide bonds. The Morgan fingerprint density at radius 1 is 1.32 bits per heavy atom. The van der Waals surface area contributed by atoms with E-state index in [2.05, 4.69) is 10.3 Å². The van der Waals surface area contributed by atoms with Gasteiger partial charge in [-0.3, -0.25) is 9.59 Å². The van der Waals surface area contributed by atoms with E-state index in [0.29, 0.717) is 17.6 Å². The average molecular weight is 355 g/mol. The fraction of sp³-hybridized carbons (Fsp3) is 0.421. The molecule has 2 fully saturated rings. The summed E-state index contributed by atoms with van der Waals surface area (Å²) in [6.07, 6.45) is 2.66. The van der Waals surface area contributed by atoms with Crippen molar-refractivity contribution in [3.05, 3.63) is 47.0 Å². The zero-order chi connectivity index (χ0) is 17.4. The Morgan fingerprint density at radius 3 is 2.80 bits per heavy atom. The standard InChI is InChI=1S/C19H21N3O2S/c1-12(13-5-3-2-4-6-13)22-10-15(9-17(22)23)18(24)21-19-20-16(11-25-19)14-7-8-14/h2-6,11-12,14-15H,7-10H2,1H3,(H,20,21,24)/t12-,15+/m0/s1. The van der Waals surface area contributed by atoms with Gasteiger partial charge in [-0.25, -0.2) is 4.98 Å². The van der Waals surface area contributed by atoms with Crippen LogP contribution in [0.5, 0.6) is 0 Å². The molecule has 0 bridgehead atoms. The molecule has 2 aliphatic rings. The van der Waals surface area contributed by atoms with Crippen LogP contribution in [0.4, 0.5) is 5.13 Å². The summed E-state index contributed by atoms with van der Waals surface area (Å²) in [5, 5.41) is 5.57. The molecule has 6 heteroatoms. The predicted molar refractivity (Wildman–Crippen MR) is 97.4 cm³/mol. The molecule has 1 aromatic heterocycles. The molecule has 2 aromatic rings. The second-order valence-electron chi connectivity index (χ2n) is 6.87. The van der Waals surface area contributed by atoms with Crippen LogP contribution in [0.1, 0.15) is 49.4 Å². The summed E-state index contributed by atoms with van der Waals surface area (Å²) in [5.74, 6) is 0.200. The molecular weight excluding hydrogens is 334 g/mol. The summed E-state index contributed by atoms with van der Waals surface area (Å²) < 4.78 is 0. The molecule has 130 valence electrons. The van der Waals surface area contributed by atoms with Crippen LogP contribution in [0, 0.1) is 5.92 Å². The van der Waals surface area contributed by atoms with Crippen LogP contribution in [0.25, 0.3) is 0 Å². The molecule has 25 heavy (non-hydrogen) atoms. The second kappa shape index (κ2) is 6.59. The monoisotopic (exact) mass is 355 g/mol. The smallest absolute Gasteiger partial charge is 0.231 e. The number of rotatable bonds is 5. The number of benzene rings is 1. The topological polar surface area (TPSA) is 62.3 Å². The summed E-state index contributed by atoms with van der Waals surface area (Å²) in [4.78, 5) is 31.2. The van der Waals surface area contributed by atoms with Crippen LogP contribution < -0.4 is 5.32 Å². The lowest BCUT2D eigenvalue weighted by molar-refractivity contribution is -0.129. The molecule has 1 N–H and O–H groups in total. The van der Waals surface area contributed by atoms with Gasteiger partial charge in [-0.1, -0.05) is 30.3 Å². The third kappa shape index (κ3) is 3.44. The number of thiazole rings is 1. The Hall–Kier alpha value is -2.21. The molecule has 1 saturated carbocycles. The number of hydrogen-bond donors (Lipinski definition) is 1. The minimum Gasteiger partial charge on any atom is -0.335 e. The van der Waals surface area contributed by atoms with Crippen LogP contribution in [-0.4, -0.2) is 28.2 Å². The van der Waals surface area contributed by atoms with Gasteiger partial charge >= 0.3 is 0 Å². The lowest BCUT2D eigenvalue weighted by atomic mass is 10.1. The molecule has 2 atom stereocenters. The average Bonchev–Trinajstić information content (AvgIpc) is 3.25. The summed E-state index contributed by atoms with van der Waals surface area (Å²) >= 11 is 1.47. The molecule has 1 aliphatic heterocycles. The molecule has 1 aromatic carbocycles. The van der Waals surface area contributed by atoms with Crippen molar-refractivity contribution in [2.75, 3.05) is 11.9 Å². The van der Waals surface area contributed by atoms with Crippen molar-refractivity contribution >= 4 is 28.3 Å². The van der Waals surface area contributed by atoms with Gasteiger partial charge in [0.05, 0.1) is 17.7 Å². The van der Waals surface area contributed by atoms with E-state index in [1.807, 2.05) is 42.6 Å². The Labute approximate surface area is 151 Å². The fourth-order valence-electron chi connectivity index (χ4n) is 3.31. The first kappa shape index (κ1) is 16.3. The lowest BCUT2D eigenvalue weighted by Crippen LogP contribution is -2.30. The van der Waals surface area contributed by atoms with E-state index in [-0.39, 0.29) is 30.2 Å². The van der Waals surface area contributed by atoms with E-state index in [0.717, 1.165) is 11.3 Å². The highest BCUT2D eigenvalue weighted by atomic mass is 32.1. The third-order valence-corrected chi connectivity index (χ3v) is 5.80. The van der Waals surface area contributed by atoms with Crippen molar-refractivity contribution in [2.45, 2.75) is 38.1 Å². The van der Waals surface area contributed by atoms with Gasteiger partial charge in [0.2, 0.25) is 11.8 Å². The molecule has 0 spiro atoms. The van der Waals surface area contributed by atoms with Gasteiger partial charge in [0.25, 0.3) is 0 Å². The number of hydrogen-bond acceptors (Lipinski definition) is 4. The van der Waals surface area contributed by atoms with E-state index in [1.54, 1.807) is 4.90 Å². The second-order valence-corrected chi connectivity index (χ2v) is 7.73. The number of amides is 2. The van der Waals surface area contributed by atoms with Gasteiger partial charge in [0.15, 0.2) is 5.13 Å². The van der Waals surface area contributed by atoms with Crippen molar-refractivity contribution in [3.63, 3.8) is 0 Å². The highest BCUT2D eigenvalue weighted by molar-refractivity contribution is 7.13. The van der Waals surface area contributed by atoms with E-state index < -0.39 is 0 Å². The van der Waals surface area contributed by atoms with Gasteiger partial charge in [-0.2, -0.15) is 0 Å². The van der Waals surface area contributed by atoms with Crippen molar-refractivity contribution in [2.24, 2.45) is 5.92 Å². The largest absolute Gasteiger partial charge is 0.335 e.